The summed E-state index contributed by atoms with van der Waals surface area (Å²) in [5, 5.41) is 0. The van der Waals surface area contributed by atoms with Crippen LogP contribution < -0.4 is 11.2 Å². The Kier molecular flexibility index (Phi) is 6.54. The van der Waals surface area contributed by atoms with E-state index in [1.165, 1.54) is 29.3 Å². The second-order valence-electron chi connectivity index (χ2n) is 6.36. The van der Waals surface area contributed by atoms with Crippen molar-refractivity contribution < 1.29 is 19.1 Å². The quantitative estimate of drug-likeness (QED) is 0.471. The highest BCUT2D eigenvalue weighted by Crippen LogP contribution is 2.08. The van der Waals surface area contributed by atoms with Crippen LogP contribution >= 0.6 is 0 Å². The number of fused-ring (bicyclic) bond motifs is 1. The largest absolute Gasteiger partial charge is 0.462 e. The predicted molar refractivity (Wildman–Crippen MR) is 96.3 cm³/mol. The lowest BCUT2D eigenvalue weighted by Crippen LogP contribution is -2.39. The van der Waals surface area contributed by atoms with E-state index in [9.17, 15) is 19.2 Å². The summed E-state index contributed by atoms with van der Waals surface area (Å²) in [4.78, 5) is 51.2. The molecule has 148 valence electrons. The van der Waals surface area contributed by atoms with Gasteiger partial charge in [-0.25, -0.2) is 9.78 Å². The van der Waals surface area contributed by atoms with Crippen molar-refractivity contribution in [2.45, 2.75) is 45.8 Å². The Morgan fingerprint density at radius 2 is 1.85 bits per heavy atom. The van der Waals surface area contributed by atoms with Crippen molar-refractivity contribution in [3.63, 3.8) is 0 Å². The number of nitrogens with zero attached hydrogens (tertiary/aromatic N) is 4. The van der Waals surface area contributed by atoms with Crippen LogP contribution in [0.2, 0.25) is 0 Å². The van der Waals surface area contributed by atoms with Gasteiger partial charge in [0.05, 0.1) is 6.33 Å². The van der Waals surface area contributed by atoms with E-state index in [1.54, 1.807) is 18.7 Å². The minimum absolute atomic E-state index is 0.0163. The number of aryl methyl sites for hydroxylation is 2. The predicted octanol–water partition coefficient (Wildman–Crippen LogP) is 0.0988. The van der Waals surface area contributed by atoms with E-state index in [0.717, 1.165) is 0 Å². The summed E-state index contributed by atoms with van der Waals surface area (Å²) >= 11 is 0. The van der Waals surface area contributed by atoms with Gasteiger partial charge in [-0.05, 0) is 19.3 Å². The van der Waals surface area contributed by atoms with Crippen LogP contribution in [0.4, 0.5) is 0 Å². The third-order valence-electron chi connectivity index (χ3n) is 4.16. The fraction of sp³-hybridized carbons (Fsp3) is 0.588. The molecule has 2 heterocycles. The lowest BCUT2D eigenvalue weighted by atomic mass is 10.1. The van der Waals surface area contributed by atoms with Gasteiger partial charge in [0.2, 0.25) is 0 Å². The molecule has 10 heteroatoms. The summed E-state index contributed by atoms with van der Waals surface area (Å²) < 4.78 is 14.1. The van der Waals surface area contributed by atoms with Crippen molar-refractivity contribution in [1.82, 2.24) is 18.7 Å². The van der Waals surface area contributed by atoms with Crippen molar-refractivity contribution >= 4 is 23.1 Å². The van der Waals surface area contributed by atoms with E-state index >= 15 is 0 Å². The first-order chi connectivity index (χ1) is 12.7. The van der Waals surface area contributed by atoms with Gasteiger partial charge in [-0.2, -0.15) is 0 Å². The molecule has 0 N–H and O–H groups in total. The Hall–Kier alpha value is -2.91. The second-order valence-corrected chi connectivity index (χ2v) is 6.36. The minimum atomic E-state index is -0.550. The molecular weight excluding hydrogens is 356 g/mol. The van der Waals surface area contributed by atoms with Crippen LogP contribution in [0, 0.1) is 0 Å². The molecule has 0 aliphatic carbocycles. The second kappa shape index (κ2) is 8.65. The topological polar surface area (TPSA) is 114 Å². The SMILES string of the molecule is CC(=O)OCC(CCCCn1c(=O)c2c(ncn2C)n(C)c1=O)OC(C)=O. The number of carbonyl (C=O) groups is 2. The lowest BCUT2D eigenvalue weighted by Gasteiger charge is -2.16. The van der Waals surface area contributed by atoms with Crippen molar-refractivity contribution in [3.8, 4) is 0 Å². The zero-order chi connectivity index (χ0) is 20.1. The number of unbranched alkanes of at least 4 members (excludes halogenated alkanes) is 1. The van der Waals surface area contributed by atoms with Gasteiger partial charge in [-0.1, -0.05) is 0 Å². The Morgan fingerprint density at radius 1 is 1.15 bits per heavy atom. The number of carbonyl (C=O) groups excluding carboxylic acids is 2. The van der Waals surface area contributed by atoms with E-state index in [4.69, 9.17) is 9.47 Å². The maximum atomic E-state index is 12.6. The maximum absolute atomic E-state index is 12.6. The zero-order valence-electron chi connectivity index (χ0n) is 15.9. The van der Waals surface area contributed by atoms with Gasteiger partial charge in [0.25, 0.3) is 5.56 Å². The number of hydrogen-bond acceptors (Lipinski definition) is 7. The van der Waals surface area contributed by atoms with Crippen molar-refractivity contribution in [2.24, 2.45) is 14.1 Å². The third kappa shape index (κ3) is 4.83. The van der Waals surface area contributed by atoms with E-state index < -0.39 is 23.7 Å². The fourth-order valence-corrected chi connectivity index (χ4v) is 2.86. The van der Waals surface area contributed by atoms with Crippen molar-refractivity contribution in [3.05, 3.63) is 27.2 Å². The van der Waals surface area contributed by atoms with Gasteiger partial charge < -0.3 is 14.0 Å². The molecule has 0 radical (unpaired) electrons. The lowest BCUT2D eigenvalue weighted by molar-refractivity contribution is -0.156. The van der Waals surface area contributed by atoms with Crippen LogP contribution in [0.1, 0.15) is 33.1 Å². The first kappa shape index (κ1) is 20.4. The Bertz CT molecular complexity index is 955. The van der Waals surface area contributed by atoms with E-state index in [2.05, 4.69) is 4.98 Å². The van der Waals surface area contributed by atoms with Crippen LogP contribution in [0.5, 0.6) is 0 Å². The van der Waals surface area contributed by atoms with E-state index in [1.807, 2.05) is 0 Å². The molecular formula is C17H24N4O6. The van der Waals surface area contributed by atoms with Crippen molar-refractivity contribution in [2.75, 3.05) is 6.61 Å². The average molecular weight is 380 g/mol. The first-order valence-electron chi connectivity index (χ1n) is 8.63. The number of aromatic nitrogens is 4. The number of imidazole rings is 1. The normalized spacial score (nSPS) is 12.1. The molecule has 27 heavy (non-hydrogen) atoms. The maximum Gasteiger partial charge on any atom is 0.332 e. The van der Waals surface area contributed by atoms with Crippen LogP contribution in [0.3, 0.4) is 0 Å². The molecule has 2 rings (SSSR count). The molecule has 1 unspecified atom stereocenters. The smallest absolute Gasteiger partial charge is 0.332 e. The standard InChI is InChI=1S/C17H24N4O6/c1-11(22)26-9-13(27-12(2)23)7-5-6-8-21-16(24)14-15(18-10-19(14)3)20(4)17(21)25/h10,13H,5-9H2,1-4H3. The number of hydrogen-bond donors (Lipinski definition) is 0. The number of ether oxygens (including phenoxy) is 2. The molecule has 0 fully saturated rings. The van der Waals surface area contributed by atoms with Gasteiger partial charge in [0.15, 0.2) is 11.2 Å². The molecule has 0 aromatic carbocycles. The molecule has 2 aromatic heterocycles. The summed E-state index contributed by atoms with van der Waals surface area (Å²) in [5.41, 5.74) is -0.100. The highest BCUT2D eigenvalue weighted by atomic mass is 16.6. The van der Waals surface area contributed by atoms with Gasteiger partial charge in [-0.3, -0.25) is 23.5 Å². The zero-order valence-corrected chi connectivity index (χ0v) is 15.9. The molecule has 0 aliphatic heterocycles. The van der Waals surface area contributed by atoms with E-state index in [-0.39, 0.29) is 18.7 Å². The van der Waals surface area contributed by atoms with Crippen molar-refractivity contribution in [1.29, 1.82) is 0 Å². The molecule has 0 aliphatic rings. The molecule has 1 atom stereocenters. The Morgan fingerprint density at radius 3 is 2.48 bits per heavy atom. The highest BCUT2D eigenvalue weighted by molar-refractivity contribution is 5.69. The van der Waals surface area contributed by atoms with E-state index in [0.29, 0.717) is 30.4 Å². The summed E-state index contributed by atoms with van der Waals surface area (Å²) in [7, 11) is 3.27. The fourth-order valence-electron chi connectivity index (χ4n) is 2.86. The van der Waals surface area contributed by atoms with Crippen LogP contribution in [0.25, 0.3) is 11.2 Å². The van der Waals surface area contributed by atoms with Gasteiger partial charge in [0, 0.05) is 34.5 Å². The first-order valence-corrected chi connectivity index (χ1v) is 8.63. The molecule has 2 aromatic rings. The number of rotatable bonds is 8. The Labute approximate surface area is 155 Å². The summed E-state index contributed by atoms with van der Waals surface area (Å²) in [6.07, 6.45) is 2.50. The molecule has 0 saturated heterocycles. The van der Waals surface area contributed by atoms with Gasteiger partial charge in [-0.15, -0.1) is 0 Å². The highest BCUT2D eigenvalue weighted by Gasteiger charge is 2.16. The molecule has 10 nitrogen and oxygen atoms in total. The average Bonchev–Trinajstić information content (AvgIpc) is 2.98. The molecule has 0 bridgehead atoms. The summed E-state index contributed by atoms with van der Waals surface area (Å²) in [5.74, 6) is -0.911. The monoisotopic (exact) mass is 380 g/mol. The summed E-state index contributed by atoms with van der Waals surface area (Å²) in [6, 6.07) is 0. The van der Waals surface area contributed by atoms with Gasteiger partial charge >= 0.3 is 17.6 Å². The third-order valence-corrected chi connectivity index (χ3v) is 4.16. The molecule has 0 saturated carbocycles. The summed E-state index contributed by atoms with van der Waals surface area (Å²) in [6.45, 7) is 2.78. The Balaban J connectivity index is 2.05. The minimum Gasteiger partial charge on any atom is -0.462 e. The van der Waals surface area contributed by atoms with Crippen LogP contribution in [0.15, 0.2) is 15.9 Å². The van der Waals surface area contributed by atoms with Crippen LogP contribution in [-0.4, -0.2) is 43.3 Å². The van der Waals surface area contributed by atoms with Gasteiger partial charge in [0.1, 0.15) is 12.7 Å². The molecule has 0 amide bonds. The number of esters is 2. The molecule has 0 spiro atoms. The van der Waals surface area contributed by atoms with Crippen LogP contribution in [-0.2, 0) is 39.7 Å².